The molecule has 0 spiro atoms. The SMILES string of the molecule is CC#C/C=C(/C)CC(O)CCOCc1ccccc1. The first-order chi connectivity index (χ1) is 9.22. The fourth-order valence-electron chi connectivity index (χ4n) is 1.71. The summed E-state index contributed by atoms with van der Waals surface area (Å²) in [6.07, 6.45) is 2.81. The Balaban J connectivity index is 2.16. The number of aliphatic hydroxyl groups excluding tert-OH is 1. The number of hydrogen-bond donors (Lipinski definition) is 1. The Morgan fingerprint density at radius 2 is 2.11 bits per heavy atom. The first kappa shape index (κ1) is 15.5. The molecule has 0 aliphatic rings. The number of hydrogen-bond acceptors (Lipinski definition) is 2. The van der Waals surface area contributed by atoms with Gasteiger partial charge in [-0.15, -0.1) is 5.92 Å². The molecular formula is C17H22O2. The molecule has 0 fully saturated rings. The van der Waals surface area contributed by atoms with Crippen molar-refractivity contribution < 1.29 is 9.84 Å². The van der Waals surface area contributed by atoms with Crippen LogP contribution in [-0.2, 0) is 11.3 Å². The molecule has 0 aliphatic heterocycles. The molecule has 0 saturated heterocycles. The van der Waals surface area contributed by atoms with Crippen molar-refractivity contribution >= 4 is 0 Å². The number of aliphatic hydroxyl groups is 1. The Morgan fingerprint density at radius 3 is 2.79 bits per heavy atom. The largest absolute Gasteiger partial charge is 0.393 e. The van der Waals surface area contributed by atoms with E-state index in [9.17, 15) is 5.11 Å². The maximum atomic E-state index is 9.85. The average Bonchev–Trinajstić information content (AvgIpc) is 2.42. The lowest BCUT2D eigenvalue weighted by atomic mass is 10.1. The first-order valence-corrected chi connectivity index (χ1v) is 6.60. The fourth-order valence-corrected chi connectivity index (χ4v) is 1.71. The zero-order chi connectivity index (χ0) is 13.9. The lowest BCUT2D eigenvalue weighted by Gasteiger charge is -2.11. The van der Waals surface area contributed by atoms with Crippen molar-refractivity contribution in [3.05, 3.63) is 47.5 Å². The smallest absolute Gasteiger partial charge is 0.0716 e. The van der Waals surface area contributed by atoms with E-state index >= 15 is 0 Å². The summed E-state index contributed by atoms with van der Waals surface area (Å²) in [5.41, 5.74) is 2.26. The van der Waals surface area contributed by atoms with Crippen LogP contribution in [0.25, 0.3) is 0 Å². The highest BCUT2D eigenvalue weighted by atomic mass is 16.5. The predicted molar refractivity (Wildman–Crippen MR) is 78.5 cm³/mol. The van der Waals surface area contributed by atoms with Gasteiger partial charge in [-0.25, -0.2) is 0 Å². The molecule has 1 atom stereocenters. The fraction of sp³-hybridized carbons (Fsp3) is 0.412. The van der Waals surface area contributed by atoms with Gasteiger partial charge in [-0.2, -0.15) is 0 Å². The molecule has 0 heterocycles. The van der Waals surface area contributed by atoms with E-state index in [1.807, 2.05) is 43.3 Å². The van der Waals surface area contributed by atoms with Crippen molar-refractivity contribution in [3.63, 3.8) is 0 Å². The van der Waals surface area contributed by atoms with Crippen LogP contribution in [0.1, 0.15) is 32.3 Å². The molecule has 0 bridgehead atoms. The molecule has 0 aliphatic carbocycles. The lowest BCUT2D eigenvalue weighted by molar-refractivity contribution is 0.0736. The van der Waals surface area contributed by atoms with E-state index in [1.165, 1.54) is 0 Å². The topological polar surface area (TPSA) is 29.5 Å². The van der Waals surface area contributed by atoms with Crippen LogP contribution in [0, 0.1) is 11.8 Å². The summed E-state index contributed by atoms with van der Waals surface area (Å²) in [4.78, 5) is 0. The van der Waals surface area contributed by atoms with Crippen LogP contribution < -0.4 is 0 Å². The molecule has 1 unspecified atom stereocenters. The summed E-state index contributed by atoms with van der Waals surface area (Å²) in [6.45, 7) is 4.96. The van der Waals surface area contributed by atoms with Crippen LogP contribution >= 0.6 is 0 Å². The Morgan fingerprint density at radius 1 is 1.37 bits per heavy atom. The van der Waals surface area contributed by atoms with Gasteiger partial charge in [0.1, 0.15) is 0 Å². The van der Waals surface area contributed by atoms with Crippen LogP contribution in [-0.4, -0.2) is 17.8 Å². The molecule has 0 amide bonds. The molecular weight excluding hydrogens is 236 g/mol. The van der Waals surface area contributed by atoms with Gasteiger partial charge in [0.15, 0.2) is 0 Å². The summed E-state index contributed by atoms with van der Waals surface area (Å²) >= 11 is 0. The second-order valence-corrected chi connectivity index (χ2v) is 4.57. The summed E-state index contributed by atoms with van der Waals surface area (Å²) in [5.74, 6) is 5.70. The maximum absolute atomic E-state index is 9.85. The number of ether oxygens (including phenoxy) is 1. The summed E-state index contributed by atoms with van der Waals surface area (Å²) in [7, 11) is 0. The minimum atomic E-state index is -0.356. The van der Waals surface area contributed by atoms with Gasteiger partial charge in [0.25, 0.3) is 0 Å². The Kier molecular flexibility index (Phi) is 7.65. The Labute approximate surface area is 116 Å². The first-order valence-electron chi connectivity index (χ1n) is 6.60. The molecule has 0 aromatic heterocycles. The summed E-state index contributed by atoms with van der Waals surface area (Å²) in [5, 5.41) is 9.85. The molecule has 1 N–H and O–H groups in total. The second-order valence-electron chi connectivity index (χ2n) is 4.57. The highest BCUT2D eigenvalue weighted by Gasteiger charge is 2.04. The van der Waals surface area contributed by atoms with Crippen LogP contribution in [0.3, 0.4) is 0 Å². The number of allylic oxidation sites excluding steroid dienone is 1. The van der Waals surface area contributed by atoms with Gasteiger partial charge in [-0.05, 0) is 38.3 Å². The predicted octanol–water partition coefficient (Wildman–Crippen LogP) is 3.31. The summed E-state index contributed by atoms with van der Waals surface area (Å²) in [6, 6.07) is 10.0. The maximum Gasteiger partial charge on any atom is 0.0716 e. The summed E-state index contributed by atoms with van der Waals surface area (Å²) < 4.78 is 5.55. The minimum Gasteiger partial charge on any atom is -0.393 e. The van der Waals surface area contributed by atoms with Crippen molar-refractivity contribution in [1.29, 1.82) is 0 Å². The van der Waals surface area contributed by atoms with Gasteiger partial charge in [0.2, 0.25) is 0 Å². The molecule has 2 heteroatoms. The van der Waals surface area contributed by atoms with E-state index in [0.717, 1.165) is 11.1 Å². The monoisotopic (exact) mass is 258 g/mol. The Hall–Kier alpha value is -1.56. The van der Waals surface area contributed by atoms with Gasteiger partial charge in [0, 0.05) is 6.61 Å². The third-order valence-electron chi connectivity index (χ3n) is 2.73. The Bertz CT molecular complexity index is 437. The molecule has 1 aromatic rings. The molecule has 102 valence electrons. The van der Waals surface area contributed by atoms with Crippen LogP contribution in [0.5, 0.6) is 0 Å². The quantitative estimate of drug-likeness (QED) is 0.600. The van der Waals surface area contributed by atoms with Crippen molar-refractivity contribution in [2.24, 2.45) is 0 Å². The van der Waals surface area contributed by atoms with Gasteiger partial charge in [-0.3, -0.25) is 0 Å². The molecule has 2 nitrogen and oxygen atoms in total. The van der Waals surface area contributed by atoms with E-state index in [-0.39, 0.29) is 6.10 Å². The van der Waals surface area contributed by atoms with Crippen molar-refractivity contribution in [3.8, 4) is 11.8 Å². The molecule has 1 aromatic carbocycles. The molecule has 0 saturated carbocycles. The zero-order valence-corrected chi connectivity index (χ0v) is 11.7. The van der Waals surface area contributed by atoms with Gasteiger partial charge in [-0.1, -0.05) is 41.8 Å². The average molecular weight is 258 g/mol. The van der Waals surface area contributed by atoms with Crippen LogP contribution in [0.2, 0.25) is 0 Å². The zero-order valence-electron chi connectivity index (χ0n) is 11.7. The van der Waals surface area contributed by atoms with Crippen LogP contribution in [0.4, 0.5) is 0 Å². The lowest BCUT2D eigenvalue weighted by Crippen LogP contribution is -2.11. The van der Waals surface area contributed by atoms with E-state index < -0.39 is 0 Å². The van der Waals surface area contributed by atoms with Crippen molar-refractivity contribution in [2.45, 2.75) is 39.4 Å². The number of benzene rings is 1. The van der Waals surface area contributed by atoms with E-state index in [4.69, 9.17) is 4.74 Å². The van der Waals surface area contributed by atoms with Crippen molar-refractivity contribution in [1.82, 2.24) is 0 Å². The minimum absolute atomic E-state index is 0.356. The van der Waals surface area contributed by atoms with Crippen molar-refractivity contribution in [2.75, 3.05) is 6.61 Å². The molecule has 19 heavy (non-hydrogen) atoms. The highest BCUT2D eigenvalue weighted by molar-refractivity contribution is 5.19. The van der Waals surface area contributed by atoms with E-state index in [0.29, 0.717) is 26.1 Å². The third kappa shape index (κ3) is 7.46. The van der Waals surface area contributed by atoms with E-state index in [2.05, 4.69) is 11.8 Å². The second kappa shape index (κ2) is 9.38. The third-order valence-corrected chi connectivity index (χ3v) is 2.73. The van der Waals surface area contributed by atoms with Gasteiger partial charge < -0.3 is 9.84 Å². The van der Waals surface area contributed by atoms with Crippen LogP contribution in [0.15, 0.2) is 42.0 Å². The standard InChI is InChI=1S/C17H22O2/c1-3-4-8-15(2)13-17(18)11-12-19-14-16-9-6-5-7-10-16/h5-10,17-18H,11-14H2,1-2H3/b15-8-. The van der Waals surface area contributed by atoms with E-state index in [1.54, 1.807) is 6.92 Å². The highest BCUT2D eigenvalue weighted by Crippen LogP contribution is 2.08. The number of rotatable bonds is 7. The normalized spacial score (nSPS) is 12.7. The molecule has 1 rings (SSSR count). The molecule has 0 radical (unpaired) electrons. The van der Waals surface area contributed by atoms with Gasteiger partial charge in [0.05, 0.1) is 12.7 Å². The van der Waals surface area contributed by atoms with Gasteiger partial charge >= 0.3 is 0 Å².